The summed E-state index contributed by atoms with van der Waals surface area (Å²) in [6, 6.07) is 12.5. The number of hydrazone groups is 1. The average Bonchev–Trinajstić information content (AvgIpc) is 3.17. The van der Waals surface area contributed by atoms with E-state index in [1.807, 2.05) is 31.2 Å². The van der Waals surface area contributed by atoms with Crippen molar-refractivity contribution in [2.45, 2.75) is 13.3 Å². The second-order valence-corrected chi connectivity index (χ2v) is 5.95. The van der Waals surface area contributed by atoms with Crippen molar-refractivity contribution in [3.63, 3.8) is 0 Å². The Morgan fingerprint density at radius 1 is 1.11 bits per heavy atom. The van der Waals surface area contributed by atoms with Gasteiger partial charge in [-0.2, -0.15) is 5.10 Å². The fourth-order valence-electron chi connectivity index (χ4n) is 2.63. The number of benzene rings is 2. The smallest absolute Gasteiger partial charge is 0.307 e. The molecule has 0 aliphatic carbocycles. The van der Waals surface area contributed by atoms with E-state index in [9.17, 15) is 4.79 Å². The van der Waals surface area contributed by atoms with Crippen LogP contribution in [-0.2, 0) is 0 Å². The van der Waals surface area contributed by atoms with Crippen LogP contribution in [0.1, 0.15) is 29.5 Å². The van der Waals surface area contributed by atoms with Crippen LogP contribution in [0.2, 0.25) is 0 Å². The molecule has 0 saturated carbocycles. The van der Waals surface area contributed by atoms with Gasteiger partial charge in [-0.15, -0.1) is 0 Å². The lowest BCUT2D eigenvalue weighted by Crippen LogP contribution is -2.16. The number of methoxy groups -OCH3 is 2. The molecule has 0 spiro atoms. The van der Waals surface area contributed by atoms with Crippen molar-refractivity contribution in [3.05, 3.63) is 53.8 Å². The molecule has 0 aliphatic heterocycles. The van der Waals surface area contributed by atoms with E-state index in [1.165, 1.54) is 6.21 Å². The van der Waals surface area contributed by atoms with Crippen molar-refractivity contribution in [2.24, 2.45) is 5.10 Å². The van der Waals surface area contributed by atoms with Crippen LogP contribution >= 0.6 is 0 Å². The maximum atomic E-state index is 12.3. The first-order valence-corrected chi connectivity index (χ1v) is 8.87. The number of rotatable bonds is 8. The molecule has 0 bridgehead atoms. The van der Waals surface area contributed by atoms with E-state index in [-0.39, 0.29) is 5.76 Å². The van der Waals surface area contributed by atoms with Gasteiger partial charge in [-0.25, -0.2) is 5.43 Å². The molecule has 2 aromatic carbocycles. The second-order valence-electron chi connectivity index (χ2n) is 5.95. The number of carbonyl (C=O) groups is 1. The van der Waals surface area contributed by atoms with E-state index in [4.69, 9.17) is 18.6 Å². The summed E-state index contributed by atoms with van der Waals surface area (Å²) in [6.45, 7) is 2.65. The number of furan rings is 1. The Morgan fingerprint density at radius 2 is 1.93 bits per heavy atom. The Labute approximate surface area is 162 Å². The maximum absolute atomic E-state index is 12.3. The Morgan fingerprint density at radius 3 is 2.68 bits per heavy atom. The van der Waals surface area contributed by atoms with E-state index in [1.54, 1.807) is 32.4 Å². The molecule has 0 atom stereocenters. The molecule has 0 fully saturated rings. The highest BCUT2D eigenvalue weighted by Gasteiger charge is 2.14. The first-order chi connectivity index (χ1) is 13.7. The topological polar surface area (TPSA) is 82.3 Å². The van der Waals surface area contributed by atoms with Crippen LogP contribution in [0.3, 0.4) is 0 Å². The molecule has 146 valence electrons. The first kappa shape index (κ1) is 19.3. The highest BCUT2D eigenvalue weighted by Crippen LogP contribution is 2.29. The first-order valence-electron chi connectivity index (χ1n) is 8.87. The molecule has 1 aromatic heterocycles. The zero-order valence-corrected chi connectivity index (χ0v) is 16.0. The number of hydrogen-bond donors (Lipinski definition) is 1. The van der Waals surface area contributed by atoms with Gasteiger partial charge in [0.1, 0.15) is 0 Å². The van der Waals surface area contributed by atoms with Crippen molar-refractivity contribution < 1.29 is 23.4 Å². The third kappa shape index (κ3) is 4.25. The van der Waals surface area contributed by atoms with Crippen molar-refractivity contribution in [3.8, 4) is 17.2 Å². The predicted molar refractivity (Wildman–Crippen MR) is 107 cm³/mol. The molecular weight excluding hydrogens is 360 g/mol. The van der Waals surface area contributed by atoms with E-state index < -0.39 is 5.91 Å². The Bertz CT molecular complexity index is 994. The van der Waals surface area contributed by atoms with E-state index in [0.717, 1.165) is 17.4 Å². The summed E-state index contributed by atoms with van der Waals surface area (Å²) in [5, 5.41) is 4.76. The summed E-state index contributed by atoms with van der Waals surface area (Å²) in [5.41, 5.74) is 3.73. The van der Waals surface area contributed by atoms with Crippen LogP contribution < -0.4 is 19.6 Å². The summed E-state index contributed by atoms with van der Waals surface area (Å²) in [6.07, 6.45) is 2.43. The fourth-order valence-corrected chi connectivity index (χ4v) is 2.63. The van der Waals surface area contributed by atoms with Gasteiger partial charge in [-0.05, 0) is 42.3 Å². The van der Waals surface area contributed by atoms with Crippen LogP contribution in [0.4, 0.5) is 0 Å². The number of nitrogens with zero attached hydrogens (tertiary/aromatic N) is 1. The number of ether oxygens (including phenoxy) is 3. The Hall–Kier alpha value is -3.48. The number of hydrogen-bond acceptors (Lipinski definition) is 6. The summed E-state index contributed by atoms with van der Waals surface area (Å²) >= 11 is 0. The number of carbonyl (C=O) groups excluding carboxylic acids is 1. The molecule has 0 radical (unpaired) electrons. The van der Waals surface area contributed by atoms with Crippen LogP contribution in [0, 0.1) is 0 Å². The molecule has 0 saturated heterocycles. The molecule has 0 unspecified atom stereocenters. The summed E-state index contributed by atoms with van der Waals surface area (Å²) in [5.74, 6) is 1.54. The molecule has 28 heavy (non-hydrogen) atoms. The normalized spacial score (nSPS) is 11.0. The van der Waals surface area contributed by atoms with Crippen LogP contribution in [0.5, 0.6) is 17.2 Å². The van der Waals surface area contributed by atoms with Crippen molar-refractivity contribution >= 4 is 23.1 Å². The van der Waals surface area contributed by atoms with Crippen molar-refractivity contribution in [1.82, 2.24) is 5.43 Å². The molecule has 1 N–H and O–H groups in total. The highest BCUT2D eigenvalue weighted by molar-refractivity contribution is 5.97. The lowest BCUT2D eigenvalue weighted by Gasteiger charge is -2.10. The average molecular weight is 382 g/mol. The fraction of sp³-hybridized carbons (Fsp3) is 0.238. The van der Waals surface area contributed by atoms with Gasteiger partial charge in [-0.1, -0.05) is 19.1 Å². The number of fused-ring (bicyclic) bond motifs is 1. The molecule has 1 amide bonds. The third-order valence-corrected chi connectivity index (χ3v) is 3.98. The number of nitrogens with one attached hydrogen (secondary N) is 1. The number of amides is 1. The molecule has 7 nitrogen and oxygen atoms in total. The van der Waals surface area contributed by atoms with Gasteiger partial charge < -0.3 is 18.6 Å². The largest absolute Gasteiger partial charge is 0.493 e. The molecule has 0 aliphatic rings. The molecular formula is C21H22N2O5. The van der Waals surface area contributed by atoms with E-state index >= 15 is 0 Å². The van der Waals surface area contributed by atoms with Crippen molar-refractivity contribution in [2.75, 3.05) is 20.8 Å². The molecule has 3 rings (SSSR count). The SMILES string of the molecule is CCCOc1ccc(/C=N\NC(=O)c2cc3cccc(OC)c3o2)cc1OC. The molecule has 7 heteroatoms. The molecule has 1 heterocycles. The Balaban J connectivity index is 1.69. The lowest BCUT2D eigenvalue weighted by molar-refractivity contribution is 0.0929. The van der Waals surface area contributed by atoms with Crippen molar-refractivity contribution in [1.29, 1.82) is 0 Å². The second kappa shape index (κ2) is 8.94. The van der Waals surface area contributed by atoms with Gasteiger partial charge in [0.2, 0.25) is 0 Å². The zero-order valence-electron chi connectivity index (χ0n) is 16.0. The van der Waals surface area contributed by atoms with E-state index in [2.05, 4.69) is 10.5 Å². The van der Waals surface area contributed by atoms with Gasteiger partial charge in [0.15, 0.2) is 28.6 Å². The zero-order chi connectivity index (χ0) is 19.9. The standard InChI is InChI=1S/C21H22N2O5/c1-4-10-27-16-9-8-14(11-18(16)26-3)13-22-23-21(24)19-12-15-6-5-7-17(25-2)20(15)28-19/h5-9,11-13H,4,10H2,1-3H3,(H,23,24)/b22-13-. The molecule has 3 aromatic rings. The minimum atomic E-state index is -0.454. The third-order valence-electron chi connectivity index (χ3n) is 3.98. The monoisotopic (exact) mass is 382 g/mol. The summed E-state index contributed by atoms with van der Waals surface area (Å²) < 4.78 is 21.8. The van der Waals surface area contributed by atoms with Crippen LogP contribution in [0.25, 0.3) is 11.0 Å². The quantitative estimate of drug-likeness (QED) is 0.470. The minimum absolute atomic E-state index is 0.151. The van der Waals surface area contributed by atoms with Gasteiger partial charge in [0.05, 0.1) is 27.0 Å². The Kier molecular flexibility index (Phi) is 6.16. The van der Waals surface area contributed by atoms with Gasteiger partial charge >= 0.3 is 5.91 Å². The lowest BCUT2D eigenvalue weighted by atomic mass is 10.2. The van der Waals surface area contributed by atoms with Gasteiger partial charge in [0.25, 0.3) is 0 Å². The minimum Gasteiger partial charge on any atom is -0.493 e. The maximum Gasteiger partial charge on any atom is 0.307 e. The van der Waals surface area contributed by atoms with Crippen LogP contribution in [-0.4, -0.2) is 32.9 Å². The predicted octanol–water partition coefficient (Wildman–Crippen LogP) is 4.00. The van der Waals surface area contributed by atoms with E-state index in [0.29, 0.717) is 29.4 Å². The summed E-state index contributed by atoms with van der Waals surface area (Å²) in [4.78, 5) is 12.3. The van der Waals surface area contributed by atoms with Gasteiger partial charge in [-0.3, -0.25) is 4.79 Å². The van der Waals surface area contributed by atoms with Gasteiger partial charge in [0, 0.05) is 5.39 Å². The van der Waals surface area contributed by atoms with Crippen LogP contribution in [0.15, 0.2) is 52.0 Å². The summed E-state index contributed by atoms with van der Waals surface area (Å²) in [7, 11) is 3.13. The number of para-hydroxylation sites is 1. The highest BCUT2D eigenvalue weighted by atomic mass is 16.5.